The zero-order chi connectivity index (χ0) is 15.6. The van der Waals surface area contributed by atoms with Gasteiger partial charge in [-0.25, -0.2) is 4.39 Å². The SMILES string of the molecule is CCC(C)(C)N1CCc2nn(CC(=CF)CN)cc2C1=O.Cl. The summed E-state index contributed by atoms with van der Waals surface area (Å²) in [5, 5.41) is 4.39. The van der Waals surface area contributed by atoms with Gasteiger partial charge >= 0.3 is 0 Å². The van der Waals surface area contributed by atoms with Crippen LogP contribution in [0.15, 0.2) is 18.1 Å². The van der Waals surface area contributed by atoms with Gasteiger partial charge in [0.05, 0.1) is 24.1 Å². The molecule has 0 bridgehead atoms. The average molecular weight is 331 g/mol. The molecular weight excluding hydrogens is 307 g/mol. The third-order valence-electron chi connectivity index (χ3n) is 4.26. The summed E-state index contributed by atoms with van der Waals surface area (Å²) in [5.41, 5.74) is 7.15. The first-order valence-corrected chi connectivity index (χ1v) is 7.29. The van der Waals surface area contributed by atoms with Gasteiger partial charge < -0.3 is 10.6 Å². The lowest BCUT2D eigenvalue weighted by Gasteiger charge is -2.40. The highest BCUT2D eigenvalue weighted by atomic mass is 35.5. The number of aromatic nitrogens is 2. The molecule has 0 radical (unpaired) electrons. The van der Waals surface area contributed by atoms with Gasteiger partial charge in [0.2, 0.25) is 0 Å². The van der Waals surface area contributed by atoms with E-state index >= 15 is 0 Å². The van der Waals surface area contributed by atoms with E-state index in [-0.39, 0.29) is 36.9 Å². The highest BCUT2D eigenvalue weighted by Gasteiger charge is 2.35. The zero-order valence-electron chi connectivity index (χ0n) is 13.3. The highest BCUT2D eigenvalue weighted by molar-refractivity contribution is 5.96. The molecular formula is C15H24ClFN4O. The van der Waals surface area contributed by atoms with Crippen molar-refractivity contribution in [3.63, 3.8) is 0 Å². The van der Waals surface area contributed by atoms with Crippen LogP contribution in [0.25, 0.3) is 0 Å². The molecule has 5 nitrogen and oxygen atoms in total. The Morgan fingerprint density at radius 2 is 2.23 bits per heavy atom. The smallest absolute Gasteiger partial charge is 0.257 e. The van der Waals surface area contributed by atoms with E-state index in [1.165, 1.54) is 0 Å². The maximum atomic E-state index is 12.6. The molecule has 2 heterocycles. The fraction of sp³-hybridized carbons (Fsp3) is 0.600. The van der Waals surface area contributed by atoms with E-state index in [0.29, 0.717) is 24.0 Å². The van der Waals surface area contributed by atoms with Crippen molar-refractivity contribution in [2.75, 3.05) is 13.1 Å². The van der Waals surface area contributed by atoms with Crippen molar-refractivity contribution in [2.24, 2.45) is 5.73 Å². The van der Waals surface area contributed by atoms with Crippen molar-refractivity contribution in [3.8, 4) is 0 Å². The minimum absolute atomic E-state index is 0. The summed E-state index contributed by atoms with van der Waals surface area (Å²) in [4.78, 5) is 14.5. The summed E-state index contributed by atoms with van der Waals surface area (Å²) >= 11 is 0. The van der Waals surface area contributed by atoms with Gasteiger partial charge in [0, 0.05) is 31.2 Å². The van der Waals surface area contributed by atoms with Crippen LogP contribution in [0.5, 0.6) is 0 Å². The molecule has 1 aromatic rings. The first kappa shape index (κ1) is 18.6. The molecule has 0 atom stereocenters. The van der Waals surface area contributed by atoms with Gasteiger partial charge in [0.25, 0.3) is 5.91 Å². The molecule has 1 aliphatic rings. The Labute approximate surface area is 136 Å². The second-order valence-electron chi connectivity index (χ2n) is 6.03. The summed E-state index contributed by atoms with van der Waals surface area (Å²) in [6.45, 7) is 7.31. The molecule has 0 saturated carbocycles. The van der Waals surface area contributed by atoms with Crippen LogP contribution in [0, 0.1) is 0 Å². The Hall–Kier alpha value is -1.40. The Bertz CT molecular complexity index is 568. The quantitative estimate of drug-likeness (QED) is 0.901. The second-order valence-corrected chi connectivity index (χ2v) is 6.03. The number of hydrogen-bond acceptors (Lipinski definition) is 3. The summed E-state index contributed by atoms with van der Waals surface area (Å²) < 4.78 is 14.2. The summed E-state index contributed by atoms with van der Waals surface area (Å²) in [5.74, 6) is 0.00729. The van der Waals surface area contributed by atoms with Crippen LogP contribution in [-0.2, 0) is 13.0 Å². The minimum Gasteiger partial charge on any atom is -0.333 e. The Kier molecular flexibility index (Phi) is 6.14. The van der Waals surface area contributed by atoms with Gasteiger partial charge in [-0.3, -0.25) is 9.48 Å². The van der Waals surface area contributed by atoms with Crippen LogP contribution in [0.4, 0.5) is 4.39 Å². The molecule has 1 aliphatic heterocycles. The molecule has 1 amide bonds. The molecule has 0 aromatic carbocycles. The van der Waals surface area contributed by atoms with Gasteiger partial charge in [-0.2, -0.15) is 5.10 Å². The molecule has 1 aromatic heterocycles. The first-order chi connectivity index (χ1) is 9.92. The second kappa shape index (κ2) is 7.24. The fourth-order valence-corrected chi connectivity index (χ4v) is 2.49. The van der Waals surface area contributed by atoms with Crippen molar-refractivity contribution in [2.45, 2.75) is 45.7 Å². The fourth-order valence-electron chi connectivity index (χ4n) is 2.49. The lowest BCUT2D eigenvalue weighted by molar-refractivity contribution is 0.0517. The molecule has 0 unspecified atom stereocenters. The highest BCUT2D eigenvalue weighted by Crippen LogP contribution is 2.26. The van der Waals surface area contributed by atoms with E-state index < -0.39 is 0 Å². The molecule has 0 saturated heterocycles. The number of hydrogen-bond donors (Lipinski definition) is 1. The van der Waals surface area contributed by atoms with Crippen LogP contribution in [0.2, 0.25) is 0 Å². The Morgan fingerprint density at radius 1 is 1.55 bits per heavy atom. The van der Waals surface area contributed by atoms with Crippen LogP contribution in [0.3, 0.4) is 0 Å². The third-order valence-corrected chi connectivity index (χ3v) is 4.26. The predicted molar refractivity (Wildman–Crippen MR) is 86.8 cm³/mol. The molecule has 7 heteroatoms. The first-order valence-electron chi connectivity index (χ1n) is 7.29. The Morgan fingerprint density at radius 3 is 2.77 bits per heavy atom. The summed E-state index contributed by atoms with van der Waals surface area (Å²) in [6, 6.07) is 0. The number of halogens is 2. The van der Waals surface area contributed by atoms with E-state index in [1.807, 2.05) is 4.90 Å². The Balaban J connectivity index is 0.00000242. The number of fused-ring (bicyclic) bond motifs is 1. The predicted octanol–water partition coefficient (Wildman–Crippen LogP) is 2.30. The maximum Gasteiger partial charge on any atom is 0.257 e. The normalized spacial score (nSPS) is 15.6. The van der Waals surface area contributed by atoms with Gasteiger partial charge in [-0.05, 0) is 25.8 Å². The molecule has 2 N–H and O–H groups in total. The van der Waals surface area contributed by atoms with Gasteiger partial charge in [-0.1, -0.05) is 6.92 Å². The number of nitrogens with zero attached hydrogens (tertiary/aromatic N) is 3. The number of carbonyl (C=O) groups is 1. The monoisotopic (exact) mass is 330 g/mol. The zero-order valence-corrected chi connectivity index (χ0v) is 14.1. The van der Waals surface area contributed by atoms with E-state index in [2.05, 4.69) is 25.9 Å². The molecule has 0 spiro atoms. The molecule has 0 fully saturated rings. The van der Waals surface area contributed by atoms with E-state index in [9.17, 15) is 9.18 Å². The number of nitrogens with two attached hydrogens (primary N) is 1. The van der Waals surface area contributed by atoms with E-state index in [0.717, 1.165) is 18.5 Å². The summed E-state index contributed by atoms with van der Waals surface area (Å²) in [7, 11) is 0. The van der Waals surface area contributed by atoms with Crippen molar-refractivity contribution in [1.82, 2.24) is 14.7 Å². The van der Waals surface area contributed by atoms with Crippen LogP contribution >= 0.6 is 12.4 Å². The standard InChI is InChI=1S/C15H23FN4O.ClH/c1-4-15(2,3)20-6-5-13-12(14(20)21)10-19(18-13)9-11(7-16)8-17;/h7,10H,4-6,8-9,17H2,1-3H3;1H. The number of carbonyl (C=O) groups excluding carboxylic acids is 1. The maximum absolute atomic E-state index is 12.6. The lowest BCUT2D eigenvalue weighted by atomic mass is 9.95. The number of rotatable bonds is 5. The molecule has 124 valence electrons. The third kappa shape index (κ3) is 3.50. The summed E-state index contributed by atoms with van der Waals surface area (Å²) in [6.07, 6.45) is 3.84. The topological polar surface area (TPSA) is 64.2 Å². The minimum atomic E-state index is -0.169. The van der Waals surface area contributed by atoms with Crippen molar-refractivity contribution < 1.29 is 9.18 Å². The van der Waals surface area contributed by atoms with Crippen LogP contribution in [-0.4, -0.2) is 39.2 Å². The molecule has 22 heavy (non-hydrogen) atoms. The van der Waals surface area contributed by atoms with Crippen molar-refractivity contribution in [1.29, 1.82) is 0 Å². The van der Waals surface area contributed by atoms with Gasteiger partial charge in [0.1, 0.15) is 0 Å². The largest absolute Gasteiger partial charge is 0.333 e. The van der Waals surface area contributed by atoms with E-state index in [1.54, 1.807) is 10.9 Å². The van der Waals surface area contributed by atoms with Crippen molar-refractivity contribution in [3.05, 3.63) is 29.4 Å². The number of amides is 1. The van der Waals surface area contributed by atoms with Crippen molar-refractivity contribution >= 4 is 18.3 Å². The van der Waals surface area contributed by atoms with Gasteiger partial charge in [-0.15, -0.1) is 12.4 Å². The van der Waals surface area contributed by atoms with Gasteiger partial charge in [0.15, 0.2) is 0 Å². The van der Waals surface area contributed by atoms with Crippen LogP contribution < -0.4 is 5.73 Å². The van der Waals surface area contributed by atoms with Crippen LogP contribution in [0.1, 0.15) is 43.2 Å². The molecule has 0 aliphatic carbocycles. The van der Waals surface area contributed by atoms with E-state index in [4.69, 9.17) is 5.73 Å². The lowest BCUT2D eigenvalue weighted by Crippen LogP contribution is -2.50. The molecule has 2 rings (SSSR count). The average Bonchev–Trinajstić information content (AvgIpc) is 2.88.